The van der Waals surface area contributed by atoms with Crippen molar-refractivity contribution in [2.45, 2.75) is 32.4 Å². The molecule has 4 nitrogen and oxygen atoms in total. The number of aromatic nitrogens is 1. The van der Waals surface area contributed by atoms with E-state index in [-0.39, 0.29) is 12.0 Å². The number of likely N-dealkylation sites (tertiary alicyclic amines) is 1. The molecule has 2 unspecified atom stereocenters. The number of carbonyl (C=O) groups is 1. The summed E-state index contributed by atoms with van der Waals surface area (Å²) < 4.78 is 1.93. The van der Waals surface area contributed by atoms with Crippen molar-refractivity contribution >= 4 is 37.8 Å². The van der Waals surface area contributed by atoms with Crippen LogP contribution in [-0.2, 0) is 11.3 Å². The van der Waals surface area contributed by atoms with Gasteiger partial charge >= 0.3 is 5.97 Å². The van der Waals surface area contributed by atoms with Crippen LogP contribution in [0.2, 0.25) is 0 Å². The van der Waals surface area contributed by atoms with Gasteiger partial charge in [0.15, 0.2) is 0 Å². The molecule has 0 aromatic carbocycles. The second kappa shape index (κ2) is 6.33. The zero-order valence-electron chi connectivity index (χ0n) is 10.6. The number of piperidine rings is 1. The van der Waals surface area contributed by atoms with Gasteiger partial charge in [0.25, 0.3) is 0 Å². The van der Waals surface area contributed by atoms with Crippen LogP contribution in [0.15, 0.2) is 21.2 Å². The third-order valence-corrected chi connectivity index (χ3v) is 4.72. The zero-order chi connectivity index (χ0) is 14.0. The normalized spacial score (nSPS) is 24.4. The van der Waals surface area contributed by atoms with E-state index in [1.165, 1.54) is 0 Å². The first-order chi connectivity index (χ1) is 8.97. The van der Waals surface area contributed by atoms with Crippen LogP contribution in [0.1, 0.15) is 25.5 Å². The lowest BCUT2D eigenvalue weighted by molar-refractivity contribution is -0.144. The van der Waals surface area contributed by atoms with Crippen LogP contribution in [0.3, 0.4) is 0 Å². The van der Waals surface area contributed by atoms with Gasteiger partial charge in [0.2, 0.25) is 0 Å². The summed E-state index contributed by atoms with van der Waals surface area (Å²) in [6.07, 6.45) is 3.21. The Kier molecular flexibility index (Phi) is 4.97. The molecule has 0 saturated carbocycles. The van der Waals surface area contributed by atoms with Crippen molar-refractivity contribution in [3.8, 4) is 0 Å². The van der Waals surface area contributed by atoms with E-state index in [1.54, 1.807) is 6.20 Å². The van der Waals surface area contributed by atoms with Gasteiger partial charge in [0.1, 0.15) is 0 Å². The van der Waals surface area contributed by atoms with Gasteiger partial charge in [-0.2, -0.15) is 0 Å². The number of aliphatic carboxylic acids is 1. The summed E-state index contributed by atoms with van der Waals surface area (Å²) in [6.45, 7) is 3.64. The van der Waals surface area contributed by atoms with Gasteiger partial charge in [-0.3, -0.25) is 14.7 Å². The molecule has 0 amide bonds. The predicted molar refractivity (Wildman–Crippen MR) is 79.9 cm³/mol. The summed E-state index contributed by atoms with van der Waals surface area (Å²) >= 11 is 6.90. The zero-order valence-corrected chi connectivity index (χ0v) is 13.8. The largest absolute Gasteiger partial charge is 0.481 e. The van der Waals surface area contributed by atoms with Crippen LogP contribution in [0.25, 0.3) is 0 Å². The first kappa shape index (κ1) is 14.9. The molecular weight excluding hydrogens is 376 g/mol. The molecule has 1 aliphatic heterocycles. The van der Waals surface area contributed by atoms with E-state index in [9.17, 15) is 4.79 Å². The summed E-state index contributed by atoms with van der Waals surface area (Å²) in [4.78, 5) is 17.7. The lowest BCUT2D eigenvalue weighted by Gasteiger charge is -2.36. The Morgan fingerprint density at radius 2 is 2.32 bits per heavy atom. The van der Waals surface area contributed by atoms with Crippen molar-refractivity contribution < 1.29 is 9.90 Å². The molecule has 1 aromatic heterocycles. The Hall–Kier alpha value is -0.460. The Balaban J connectivity index is 2.02. The number of pyridine rings is 1. The van der Waals surface area contributed by atoms with Crippen LogP contribution in [0.4, 0.5) is 0 Å². The Morgan fingerprint density at radius 1 is 1.58 bits per heavy atom. The highest BCUT2D eigenvalue weighted by molar-refractivity contribution is 9.11. The number of nitrogens with zero attached hydrogens (tertiary/aromatic N) is 2. The summed E-state index contributed by atoms with van der Waals surface area (Å²) in [5.41, 5.74) is 0.990. The van der Waals surface area contributed by atoms with Crippen LogP contribution < -0.4 is 0 Å². The molecule has 19 heavy (non-hydrogen) atoms. The minimum absolute atomic E-state index is 0.201. The molecule has 1 aromatic rings. The second-order valence-electron chi connectivity index (χ2n) is 4.96. The highest BCUT2D eigenvalue weighted by Crippen LogP contribution is 2.27. The summed E-state index contributed by atoms with van der Waals surface area (Å²) in [5, 5.41) is 9.06. The topological polar surface area (TPSA) is 53.4 Å². The summed E-state index contributed by atoms with van der Waals surface area (Å²) in [7, 11) is 0. The number of carboxylic acids is 1. The standard InChI is InChI=1S/C13H16Br2N2O2/c1-8-4-9(13(18)19)2-3-17(8)7-12-11(15)5-10(14)6-16-12/h5-6,8-9H,2-4,7H2,1H3,(H,18,19). The number of halogens is 2. The maximum Gasteiger partial charge on any atom is 0.306 e. The average molecular weight is 392 g/mol. The Morgan fingerprint density at radius 3 is 2.89 bits per heavy atom. The fraction of sp³-hybridized carbons (Fsp3) is 0.538. The molecule has 1 N–H and O–H groups in total. The molecule has 2 rings (SSSR count). The van der Waals surface area contributed by atoms with E-state index in [2.05, 4.69) is 48.7 Å². The number of rotatable bonds is 3. The number of hydrogen-bond donors (Lipinski definition) is 1. The van der Waals surface area contributed by atoms with E-state index in [0.29, 0.717) is 12.8 Å². The molecule has 1 fully saturated rings. The van der Waals surface area contributed by atoms with Gasteiger partial charge in [-0.05, 0) is 64.2 Å². The van der Waals surface area contributed by atoms with E-state index >= 15 is 0 Å². The maximum atomic E-state index is 11.0. The third-order valence-electron chi connectivity index (χ3n) is 3.60. The van der Waals surface area contributed by atoms with Gasteiger partial charge in [-0.25, -0.2) is 0 Å². The lowest BCUT2D eigenvalue weighted by Crippen LogP contribution is -2.42. The predicted octanol–water partition coefficient (Wildman–Crippen LogP) is 3.29. The number of hydrogen-bond acceptors (Lipinski definition) is 3. The SMILES string of the molecule is CC1CC(C(=O)O)CCN1Cc1ncc(Br)cc1Br. The summed E-state index contributed by atoms with van der Waals surface area (Å²) in [5.74, 6) is -0.873. The van der Waals surface area contributed by atoms with Crippen LogP contribution >= 0.6 is 31.9 Å². The molecule has 1 aliphatic rings. The van der Waals surface area contributed by atoms with E-state index in [1.807, 2.05) is 6.07 Å². The Labute approximate surface area is 129 Å². The smallest absolute Gasteiger partial charge is 0.306 e. The quantitative estimate of drug-likeness (QED) is 0.858. The molecule has 2 atom stereocenters. The van der Waals surface area contributed by atoms with Crippen molar-refractivity contribution in [2.75, 3.05) is 6.54 Å². The van der Waals surface area contributed by atoms with E-state index < -0.39 is 5.97 Å². The fourth-order valence-corrected chi connectivity index (χ4v) is 3.54. The lowest BCUT2D eigenvalue weighted by atomic mass is 9.91. The molecule has 0 aliphatic carbocycles. The third kappa shape index (κ3) is 3.77. The minimum atomic E-state index is -0.672. The van der Waals surface area contributed by atoms with Crippen molar-refractivity contribution in [2.24, 2.45) is 5.92 Å². The van der Waals surface area contributed by atoms with Crippen LogP contribution in [0.5, 0.6) is 0 Å². The molecule has 2 heterocycles. The van der Waals surface area contributed by atoms with Gasteiger partial charge in [-0.15, -0.1) is 0 Å². The average Bonchev–Trinajstić information content (AvgIpc) is 2.34. The first-order valence-electron chi connectivity index (χ1n) is 6.24. The van der Waals surface area contributed by atoms with Gasteiger partial charge < -0.3 is 5.11 Å². The van der Waals surface area contributed by atoms with Crippen molar-refractivity contribution in [1.29, 1.82) is 0 Å². The van der Waals surface area contributed by atoms with Crippen LogP contribution in [-0.4, -0.2) is 33.5 Å². The molecule has 1 saturated heterocycles. The molecule has 0 radical (unpaired) electrons. The van der Waals surface area contributed by atoms with Crippen LogP contribution in [0, 0.1) is 5.92 Å². The second-order valence-corrected chi connectivity index (χ2v) is 6.73. The van der Waals surface area contributed by atoms with Crippen molar-refractivity contribution in [3.05, 3.63) is 26.9 Å². The van der Waals surface area contributed by atoms with Crippen molar-refractivity contribution in [3.63, 3.8) is 0 Å². The molecule has 6 heteroatoms. The fourth-order valence-electron chi connectivity index (χ4n) is 2.43. The maximum absolute atomic E-state index is 11.0. The summed E-state index contributed by atoms with van der Waals surface area (Å²) in [6, 6.07) is 2.25. The highest BCUT2D eigenvalue weighted by atomic mass is 79.9. The monoisotopic (exact) mass is 390 g/mol. The van der Waals surface area contributed by atoms with Gasteiger partial charge in [-0.1, -0.05) is 0 Å². The highest BCUT2D eigenvalue weighted by Gasteiger charge is 2.29. The Bertz CT molecular complexity index is 482. The molecular formula is C13H16Br2N2O2. The van der Waals surface area contributed by atoms with Gasteiger partial charge in [0, 0.05) is 27.7 Å². The first-order valence-corrected chi connectivity index (χ1v) is 7.82. The minimum Gasteiger partial charge on any atom is -0.481 e. The van der Waals surface area contributed by atoms with Gasteiger partial charge in [0.05, 0.1) is 11.6 Å². The van der Waals surface area contributed by atoms with E-state index in [0.717, 1.165) is 27.7 Å². The number of carboxylic acid groups (broad SMARTS) is 1. The van der Waals surface area contributed by atoms with E-state index in [4.69, 9.17) is 5.11 Å². The molecule has 0 spiro atoms. The van der Waals surface area contributed by atoms with Crippen molar-refractivity contribution in [1.82, 2.24) is 9.88 Å². The molecule has 0 bridgehead atoms. The molecule has 104 valence electrons.